The standard InChI is InChI=1S/C19H26N4O2/c1-22-13-10-20-18(22)19(24)21-14-17(23-11-4-3-5-12-23)15-6-8-16(25-2)9-7-15/h6-10,13,17H,3-5,11-12,14H2,1-2H3,(H,21,24)/t17-/m0/s1. The van der Waals surface area contributed by atoms with E-state index in [1.54, 1.807) is 24.1 Å². The summed E-state index contributed by atoms with van der Waals surface area (Å²) in [6.45, 7) is 2.70. The molecule has 1 amide bonds. The number of methoxy groups -OCH3 is 1. The Morgan fingerprint density at radius 2 is 1.96 bits per heavy atom. The molecule has 25 heavy (non-hydrogen) atoms. The van der Waals surface area contributed by atoms with Crippen molar-refractivity contribution in [2.75, 3.05) is 26.7 Å². The number of ether oxygens (including phenoxy) is 1. The number of amides is 1. The van der Waals surface area contributed by atoms with Crippen LogP contribution in [0.25, 0.3) is 0 Å². The highest BCUT2D eigenvalue weighted by atomic mass is 16.5. The molecule has 1 aliphatic rings. The SMILES string of the molecule is COc1ccc([C@H](CNC(=O)c2nccn2C)N2CCCCC2)cc1. The van der Waals surface area contributed by atoms with Crippen molar-refractivity contribution in [3.63, 3.8) is 0 Å². The average Bonchev–Trinajstić information content (AvgIpc) is 3.09. The molecule has 1 N–H and O–H groups in total. The van der Waals surface area contributed by atoms with E-state index in [1.165, 1.54) is 24.8 Å². The van der Waals surface area contributed by atoms with Gasteiger partial charge in [0.2, 0.25) is 0 Å². The summed E-state index contributed by atoms with van der Waals surface area (Å²) in [6.07, 6.45) is 7.12. The topological polar surface area (TPSA) is 59.4 Å². The molecule has 0 bridgehead atoms. The molecule has 1 atom stereocenters. The molecule has 1 fully saturated rings. The van der Waals surface area contributed by atoms with Crippen molar-refractivity contribution in [1.29, 1.82) is 0 Å². The van der Waals surface area contributed by atoms with E-state index in [9.17, 15) is 4.79 Å². The van der Waals surface area contributed by atoms with Crippen LogP contribution in [0.1, 0.15) is 41.5 Å². The Kier molecular flexibility index (Phi) is 5.71. The number of benzene rings is 1. The van der Waals surface area contributed by atoms with Crippen LogP contribution in [-0.4, -0.2) is 47.1 Å². The van der Waals surface area contributed by atoms with Crippen molar-refractivity contribution >= 4 is 5.91 Å². The number of aromatic nitrogens is 2. The summed E-state index contributed by atoms with van der Waals surface area (Å²) in [5.74, 6) is 1.15. The molecule has 2 aromatic rings. The summed E-state index contributed by atoms with van der Waals surface area (Å²) in [4.78, 5) is 19.0. The Morgan fingerprint density at radius 1 is 1.24 bits per heavy atom. The quantitative estimate of drug-likeness (QED) is 0.876. The molecule has 2 heterocycles. The van der Waals surface area contributed by atoms with E-state index in [-0.39, 0.29) is 11.9 Å². The van der Waals surface area contributed by atoms with E-state index in [2.05, 4.69) is 27.3 Å². The predicted molar refractivity (Wildman–Crippen MR) is 96.7 cm³/mol. The fourth-order valence-electron chi connectivity index (χ4n) is 3.37. The van der Waals surface area contributed by atoms with Gasteiger partial charge in [0.1, 0.15) is 5.75 Å². The number of rotatable bonds is 6. The minimum atomic E-state index is -0.136. The van der Waals surface area contributed by atoms with E-state index < -0.39 is 0 Å². The van der Waals surface area contributed by atoms with E-state index in [1.807, 2.05) is 19.2 Å². The summed E-state index contributed by atoms with van der Waals surface area (Å²) in [5, 5.41) is 3.06. The number of aryl methyl sites for hydroxylation is 1. The van der Waals surface area contributed by atoms with Gasteiger partial charge in [-0.25, -0.2) is 4.98 Å². The lowest BCUT2D eigenvalue weighted by Gasteiger charge is -2.35. The van der Waals surface area contributed by atoms with Gasteiger partial charge in [0.05, 0.1) is 13.2 Å². The molecule has 0 saturated carbocycles. The van der Waals surface area contributed by atoms with E-state index >= 15 is 0 Å². The predicted octanol–water partition coefficient (Wildman–Crippen LogP) is 2.39. The molecule has 1 aromatic carbocycles. The van der Waals surface area contributed by atoms with Crippen LogP contribution in [0.2, 0.25) is 0 Å². The second-order valence-electron chi connectivity index (χ2n) is 6.46. The van der Waals surface area contributed by atoms with Gasteiger partial charge in [0, 0.05) is 26.0 Å². The van der Waals surface area contributed by atoms with Crippen LogP contribution in [-0.2, 0) is 7.05 Å². The Balaban J connectivity index is 1.73. The number of hydrogen-bond acceptors (Lipinski definition) is 4. The third-order valence-corrected chi connectivity index (χ3v) is 4.81. The van der Waals surface area contributed by atoms with Crippen LogP contribution in [0.4, 0.5) is 0 Å². The lowest BCUT2D eigenvalue weighted by molar-refractivity contribution is 0.0911. The fraction of sp³-hybridized carbons (Fsp3) is 0.474. The smallest absolute Gasteiger partial charge is 0.287 e. The summed E-state index contributed by atoms with van der Waals surface area (Å²) in [5.41, 5.74) is 1.20. The first-order valence-corrected chi connectivity index (χ1v) is 8.82. The third-order valence-electron chi connectivity index (χ3n) is 4.81. The Labute approximate surface area is 148 Å². The van der Waals surface area contributed by atoms with Crippen molar-refractivity contribution in [1.82, 2.24) is 19.8 Å². The average molecular weight is 342 g/mol. The first-order chi connectivity index (χ1) is 12.2. The van der Waals surface area contributed by atoms with Gasteiger partial charge in [-0.3, -0.25) is 9.69 Å². The van der Waals surface area contributed by atoms with Crippen molar-refractivity contribution < 1.29 is 9.53 Å². The Hall–Kier alpha value is -2.34. The maximum atomic E-state index is 12.4. The Morgan fingerprint density at radius 3 is 2.56 bits per heavy atom. The van der Waals surface area contributed by atoms with Gasteiger partial charge in [-0.1, -0.05) is 18.6 Å². The molecule has 1 saturated heterocycles. The molecule has 1 aromatic heterocycles. The zero-order valence-electron chi connectivity index (χ0n) is 14.9. The van der Waals surface area contributed by atoms with Crippen LogP contribution < -0.4 is 10.1 Å². The molecular weight excluding hydrogens is 316 g/mol. The van der Waals surface area contributed by atoms with Crippen LogP contribution in [0.5, 0.6) is 5.75 Å². The second-order valence-corrected chi connectivity index (χ2v) is 6.46. The Bertz CT molecular complexity index is 690. The highest BCUT2D eigenvalue weighted by molar-refractivity contribution is 5.90. The molecule has 0 aliphatic carbocycles. The molecule has 6 nitrogen and oxygen atoms in total. The van der Waals surface area contributed by atoms with Gasteiger partial charge in [-0.2, -0.15) is 0 Å². The largest absolute Gasteiger partial charge is 0.497 e. The minimum absolute atomic E-state index is 0.136. The molecule has 0 spiro atoms. The molecule has 134 valence electrons. The lowest BCUT2D eigenvalue weighted by Crippen LogP contribution is -2.41. The first-order valence-electron chi connectivity index (χ1n) is 8.82. The number of piperidine rings is 1. The third kappa shape index (κ3) is 4.20. The molecule has 1 aliphatic heterocycles. The lowest BCUT2D eigenvalue weighted by atomic mass is 10.0. The van der Waals surface area contributed by atoms with E-state index in [4.69, 9.17) is 4.74 Å². The fourth-order valence-corrected chi connectivity index (χ4v) is 3.37. The number of nitrogens with one attached hydrogen (secondary N) is 1. The zero-order valence-corrected chi connectivity index (χ0v) is 14.9. The second kappa shape index (κ2) is 8.16. The van der Waals surface area contributed by atoms with Crippen LogP contribution >= 0.6 is 0 Å². The van der Waals surface area contributed by atoms with Crippen molar-refractivity contribution in [3.05, 3.63) is 48.0 Å². The van der Waals surface area contributed by atoms with E-state index in [0.29, 0.717) is 12.4 Å². The van der Waals surface area contributed by atoms with Crippen molar-refractivity contribution in [2.24, 2.45) is 7.05 Å². The minimum Gasteiger partial charge on any atom is -0.497 e. The van der Waals surface area contributed by atoms with Gasteiger partial charge >= 0.3 is 0 Å². The number of carbonyl (C=O) groups excluding carboxylic acids is 1. The molecule has 0 unspecified atom stereocenters. The van der Waals surface area contributed by atoms with Crippen LogP contribution in [0.15, 0.2) is 36.7 Å². The van der Waals surface area contributed by atoms with Crippen molar-refractivity contribution in [3.8, 4) is 5.75 Å². The zero-order chi connectivity index (χ0) is 17.6. The van der Waals surface area contributed by atoms with Gasteiger partial charge in [0.15, 0.2) is 5.82 Å². The molecule has 6 heteroatoms. The highest BCUT2D eigenvalue weighted by Crippen LogP contribution is 2.26. The summed E-state index contributed by atoms with van der Waals surface area (Å²) < 4.78 is 7.00. The number of nitrogens with zero attached hydrogens (tertiary/aromatic N) is 3. The normalized spacial score (nSPS) is 16.4. The van der Waals surface area contributed by atoms with Crippen LogP contribution in [0.3, 0.4) is 0 Å². The van der Waals surface area contributed by atoms with Crippen molar-refractivity contribution in [2.45, 2.75) is 25.3 Å². The number of hydrogen-bond donors (Lipinski definition) is 1. The molecule has 0 radical (unpaired) electrons. The maximum absolute atomic E-state index is 12.4. The molecular formula is C19H26N4O2. The van der Waals surface area contributed by atoms with E-state index in [0.717, 1.165) is 18.8 Å². The maximum Gasteiger partial charge on any atom is 0.287 e. The number of carbonyl (C=O) groups is 1. The van der Waals surface area contributed by atoms with Gasteiger partial charge in [0.25, 0.3) is 5.91 Å². The summed E-state index contributed by atoms with van der Waals surface area (Å²) in [7, 11) is 3.50. The first kappa shape index (κ1) is 17.5. The van der Waals surface area contributed by atoms with Crippen LogP contribution in [0, 0.1) is 0 Å². The monoisotopic (exact) mass is 342 g/mol. The highest BCUT2D eigenvalue weighted by Gasteiger charge is 2.23. The number of likely N-dealkylation sites (tertiary alicyclic amines) is 1. The van der Waals surface area contributed by atoms with Gasteiger partial charge in [-0.05, 0) is 43.6 Å². The van der Waals surface area contributed by atoms with Gasteiger partial charge < -0.3 is 14.6 Å². The summed E-state index contributed by atoms with van der Waals surface area (Å²) >= 11 is 0. The molecule has 3 rings (SSSR count). The summed E-state index contributed by atoms with van der Waals surface area (Å²) in [6, 6.07) is 8.30. The van der Waals surface area contributed by atoms with Gasteiger partial charge in [-0.15, -0.1) is 0 Å². The number of imidazole rings is 1.